The Bertz CT molecular complexity index is 337. The zero-order valence-corrected chi connectivity index (χ0v) is 7.72. The van der Waals surface area contributed by atoms with Crippen LogP contribution in [0.15, 0.2) is 18.2 Å². The third-order valence-corrected chi connectivity index (χ3v) is 1.76. The van der Waals surface area contributed by atoms with E-state index in [2.05, 4.69) is 4.74 Å². The first-order chi connectivity index (χ1) is 6.65. The van der Waals surface area contributed by atoms with Crippen molar-refractivity contribution in [2.45, 2.75) is 6.42 Å². The first-order valence-corrected chi connectivity index (χ1v) is 4.12. The van der Waals surface area contributed by atoms with E-state index < -0.39 is 17.4 Å². The number of methoxy groups -OCH3 is 1. The molecule has 0 aliphatic heterocycles. The zero-order chi connectivity index (χ0) is 10.6. The van der Waals surface area contributed by atoms with Gasteiger partial charge < -0.3 is 4.74 Å². The Labute approximate surface area is 80.5 Å². The van der Waals surface area contributed by atoms with Crippen molar-refractivity contribution < 1.29 is 18.3 Å². The van der Waals surface area contributed by atoms with Crippen molar-refractivity contribution in [3.63, 3.8) is 0 Å². The lowest BCUT2D eigenvalue weighted by Crippen LogP contribution is -2.06. The standard InChI is InChI=1S/C10H10F2O2/c1-14-5-4-10(13)8-6-7(11)2-3-9(8)12/h2-3,6H,4-5H2,1H3. The summed E-state index contributed by atoms with van der Waals surface area (Å²) in [6.45, 7) is 0.203. The van der Waals surface area contributed by atoms with Gasteiger partial charge in [0.25, 0.3) is 0 Å². The van der Waals surface area contributed by atoms with E-state index >= 15 is 0 Å². The van der Waals surface area contributed by atoms with Gasteiger partial charge in [-0.25, -0.2) is 8.78 Å². The molecule has 2 nitrogen and oxygen atoms in total. The van der Waals surface area contributed by atoms with Gasteiger partial charge in [-0.1, -0.05) is 0 Å². The highest BCUT2D eigenvalue weighted by Crippen LogP contribution is 2.11. The largest absolute Gasteiger partial charge is 0.384 e. The van der Waals surface area contributed by atoms with Gasteiger partial charge in [0.1, 0.15) is 11.6 Å². The molecule has 0 atom stereocenters. The highest BCUT2D eigenvalue weighted by atomic mass is 19.1. The van der Waals surface area contributed by atoms with Crippen LogP contribution >= 0.6 is 0 Å². The summed E-state index contributed by atoms with van der Waals surface area (Å²) in [5, 5.41) is 0. The minimum absolute atomic E-state index is 0.0525. The number of halogens is 2. The highest BCUT2D eigenvalue weighted by molar-refractivity contribution is 5.96. The molecular weight excluding hydrogens is 190 g/mol. The minimum Gasteiger partial charge on any atom is -0.384 e. The molecule has 0 aliphatic carbocycles. The summed E-state index contributed by atoms with van der Waals surface area (Å²) < 4.78 is 30.4. The molecule has 0 heterocycles. The molecule has 1 aromatic rings. The summed E-state index contributed by atoms with van der Waals surface area (Å²) in [5.74, 6) is -1.77. The minimum atomic E-state index is -0.701. The van der Waals surface area contributed by atoms with E-state index in [9.17, 15) is 13.6 Å². The number of hydrogen-bond acceptors (Lipinski definition) is 2. The average molecular weight is 200 g/mol. The Kier molecular flexibility index (Phi) is 3.71. The van der Waals surface area contributed by atoms with Crippen molar-refractivity contribution in [3.05, 3.63) is 35.4 Å². The van der Waals surface area contributed by atoms with Crippen LogP contribution in [0.5, 0.6) is 0 Å². The molecule has 0 amide bonds. The van der Waals surface area contributed by atoms with Crippen LogP contribution in [0, 0.1) is 11.6 Å². The van der Waals surface area contributed by atoms with Gasteiger partial charge in [-0.05, 0) is 18.2 Å². The maximum atomic E-state index is 13.0. The van der Waals surface area contributed by atoms with Gasteiger partial charge >= 0.3 is 0 Å². The van der Waals surface area contributed by atoms with Crippen LogP contribution in [0.4, 0.5) is 8.78 Å². The molecule has 76 valence electrons. The van der Waals surface area contributed by atoms with E-state index in [1.807, 2.05) is 0 Å². The molecule has 1 rings (SSSR count). The Morgan fingerprint density at radius 2 is 2.14 bits per heavy atom. The molecule has 14 heavy (non-hydrogen) atoms. The molecule has 0 saturated heterocycles. The molecule has 0 fully saturated rings. The van der Waals surface area contributed by atoms with Gasteiger partial charge in [0.05, 0.1) is 12.2 Å². The monoisotopic (exact) mass is 200 g/mol. The van der Waals surface area contributed by atoms with Crippen LogP contribution in [0.25, 0.3) is 0 Å². The second-order valence-corrected chi connectivity index (χ2v) is 2.79. The average Bonchev–Trinajstić information content (AvgIpc) is 2.18. The van der Waals surface area contributed by atoms with E-state index in [-0.39, 0.29) is 18.6 Å². The Hall–Kier alpha value is -1.29. The van der Waals surface area contributed by atoms with Gasteiger partial charge in [0, 0.05) is 13.5 Å². The molecule has 0 N–H and O–H groups in total. The summed E-state index contributed by atoms with van der Waals surface area (Å²) >= 11 is 0. The fourth-order valence-electron chi connectivity index (χ4n) is 1.04. The molecule has 0 radical (unpaired) electrons. The number of benzene rings is 1. The lowest BCUT2D eigenvalue weighted by Gasteiger charge is -2.01. The lowest BCUT2D eigenvalue weighted by molar-refractivity contribution is 0.0928. The molecule has 4 heteroatoms. The summed E-state index contributed by atoms with van der Waals surface area (Å²) in [5.41, 5.74) is -0.220. The molecule has 0 aliphatic rings. The van der Waals surface area contributed by atoms with Crippen LogP contribution in [-0.4, -0.2) is 19.5 Å². The number of ketones is 1. The molecule has 0 aromatic heterocycles. The van der Waals surface area contributed by atoms with Gasteiger partial charge in [-0.2, -0.15) is 0 Å². The van der Waals surface area contributed by atoms with Gasteiger partial charge in [-0.3, -0.25) is 4.79 Å². The van der Waals surface area contributed by atoms with Gasteiger partial charge in [0.15, 0.2) is 5.78 Å². The predicted molar refractivity (Wildman–Crippen MR) is 47.2 cm³/mol. The maximum Gasteiger partial charge on any atom is 0.168 e. The summed E-state index contributed by atoms with van der Waals surface area (Å²) in [4.78, 5) is 11.3. The topological polar surface area (TPSA) is 26.3 Å². The molecule has 0 saturated carbocycles. The van der Waals surface area contributed by atoms with Crippen LogP contribution in [-0.2, 0) is 4.74 Å². The third kappa shape index (κ3) is 2.60. The van der Waals surface area contributed by atoms with Crippen molar-refractivity contribution in [1.29, 1.82) is 0 Å². The van der Waals surface area contributed by atoms with Crippen molar-refractivity contribution in [2.75, 3.05) is 13.7 Å². The number of Topliss-reactive ketones (excluding diaryl/α,β-unsaturated/α-hetero) is 1. The highest BCUT2D eigenvalue weighted by Gasteiger charge is 2.11. The lowest BCUT2D eigenvalue weighted by atomic mass is 10.1. The van der Waals surface area contributed by atoms with E-state index in [1.54, 1.807) is 0 Å². The number of carbonyl (C=O) groups is 1. The molecule has 0 bridgehead atoms. The van der Waals surface area contributed by atoms with Gasteiger partial charge in [-0.15, -0.1) is 0 Å². The molecule has 1 aromatic carbocycles. The predicted octanol–water partition coefficient (Wildman–Crippen LogP) is 2.18. The first kappa shape index (κ1) is 10.8. The van der Waals surface area contributed by atoms with Crippen molar-refractivity contribution in [1.82, 2.24) is 0 Å². The number of rotatable bonds is 4. The Morgan fingerprint density at radius 3 is 2.79 bits per heavy atom. The van der Waals surface area contributed by atoms with Crippen molar-refractivity contribution in [3.8, 4) is 0 Å². The quantitative estimate of drug-likeness (QED) is 0.696. The number of carbonyl (C=O) groups excluding carboxylic acids is 1. The molecule has 0 spiro atoms. The fraction of sp³-hybridized carbons (Fsp3) is 0.300. The number of ether oxygens (including phenoxy) is 1. The fourth-order valence-corrected chi connectivity index (χ4v) is 1.04. The second kappa shape index (κ2) is 4.81. The SMILES string of the molecule is COCCC(=O)c1cc(F)ccc1F. The van der Waals surface area contributed by atoms with E-state index in [0.717, 1.165) is 18.2 Å². The first-order valence-electron chi connectivity index (χ1n) is 4.12. The van der Waals surface area contributed by atoms with Gasteiger partial charge in [0.2, 0.25) is 0 Å². The molecular formula is C10H10F2O2. The Morgan fingerprint density at radius 1 is 1.43 bits per heavy atom. The van der Waals surface area contributed by atoms with Crippen LogP contribution in [0.1, 0.15) is 16.8 Å². The second-order valence-electron chi connectivity index (χ2n) is 2.79. The van der Waals surface area contributed by atoms with Crippen molar-refractivity contribution >= 4 is 5.78 Å². The summed E-state index contributed by atoms with van der Waals surface area (Å²) in [6.07, 6.45) is 0.0525. The van der Waals surface area contributed by atoms with E-state index in [1.165, 1.54) is 7.11 Å². The van der Waals surface area contributed by atoms with E-state index in [4.69, 9.17) is 0 Å². The van der Waals surface area contributed by atoms with Crippen LogP contribution < -0.4 is 0 Å². The third-order valence-electron chi connectivity index (χ3n) is 1.76. The smallest absolute Gasteiger partial charge is 0.168 e. The number of hydrogen-bond donors (Lipinski definition) is 0. The van der Waals surface area contributed by atoms with Crippen LogP contribution in [0.2, 0.25) is 0 Å². The Balaban J connectivity index is 2.83. The summed E-state index contributed by atoms with van der Waals surface area (Å²) in [6, 6.07) is 2.81. The normalized spacial score (nSPS) is 10.2. The van der Waals surface area contributed by atoms with Crippen LogP contribution in [0.3, 0.4) is 0 Å². The zero-order valence-electron chi connectivity index (χ0n) is 7.72. The summed E-state index contributed by atoms with van der Waals surface area (Å²) in [7, 11) is 1.44. The van der Waals surface area contributed by atoms with E-state index in [0.29, 0.717) is 0 Å². The molecule has 0 unspecified atom stereocenters. The maximum absolute atomic E-state index is 13.0. The van der Waals surface area contributed by atoms with Crippen molar-refractivity contribution in [2.24, 2.45) is 0 Å².